The largest absolute Gasteiger partial charge is 0.493 e. The van der Waals surface area contributed by atoms with Crippen LogP contribution in [0.4, 0.5) is 0 Å². The monoisotopic (exact) mass is 328 g/mol. The molecule has 5 nitrogen and oxygen atoms in total. The van der Waals surface area contributed by atoms with Crippen LogP contribution in [0.3, 0.4) is 0 Å². The van der Waals surface area contributed by atoms with Gasteiger partial charge in [0.25, 0.3) is 5.91 Å². The summed E-state index contributed by atoms with van der Waals surface area (Å²) in [5, 5.41) is 12.4. The summed E-state index contributed by atoms with van der Waals surface area (Å²) in [6, 6.07) is 7.48. The first kappa shape index (κ1) is 17.9. The van der Waals surface area contributed by atoms with Crippen molar-refractivity contribution in [2.75, 3.05) is 14.2 Å². The summed E-state index contributed by atoms with van der Waals surface area (Å²) in [5.74, 6) is 1.17. The Balaban J connectivity index is 2.23. The van der Waals surface area contributed by atoms with E-state index in [4.69, 9.17) is 9.47 Å². The van der Waals surface area contributed by atoms with Gasteiger partial charge in [0, 0.05) is 11.6 Å². The molecule has 1 aliphatic carbocycles. The fraction of sp³-hybridized carbons (Fsp3) is 0.474. The first-order chi connectivity index (χ1) is 11.6. The molecule has 1 fully saturated rings. The molecule has 1 aromatic rings. The van der Waals surface area contributed by atoms with E-state index in [9.17, 15) is 10.1 Å². The number of ether oxygens (including phenoxy) is 2. The molecule has 0 spiro atoms. The molecule has 24 heavy (non-hydrogen) atoms. The Morgan fingerprint density at radius 1 is 1.29 bits per heavy atom. The number of hydrogen-bond donors (Lipinski definition) is 1. The maximum absolute atomic E-state index is 12.5. The first-order valence-electron chi connectivity index (χ1n) is 8.24. The van der Waals surface area contributed by atoms with Crippen molar-refractivity contribution in [3.63, 3.8) is 0 Å². The zero-order valence-corrected chi connectivity index (χ0v) is 14.5. The molecular formula is C19H24N2O3. The molecule has 128 valence electrons. The first-order valence-corrected chi connectivity index (χ1v) is 8.24. The zero-order valence-electron chi connectivity index (χ0n) is 14.5. The Bertz CT molecular complexity index is 661. The van der Waals surface area contributed by atoms with E-state index in [1.165, 1.54) is 13.5 Å². The van der Waals surface area contributed by atoms with Gasteiger partial charge in [0.05, 0.1) is 14.2 Å². The molecular weight excluding hydrogens is 304 g/mol. The number of methoxy groups -OCH3 is 2. The average molecular weight is 328 g/mol. The summed E-state index contributed by atoms with van der Waals surface area (Å²) in [4.78, 5) is 12.5. The molecule has 0 bridgehead atoms. The fourth-order valence-corrected chi connectivity index (χ4v) is 3.11. The van der Waals surface area contributed by atoms with Gasteiger partial charge in [-0.1, -0.05) is 31.9 Å². The minimum atomic E-state index is -0.332. The molecule has 1 aliphatic rings. The van der Waals surface area contributed by atoms with Gasteiger partial charge >= 0.3 is 0 Å². The van der Waals surface area contributed by atoms with Gasteiger partial charge in [0.1, 0.15) is 11.6 Å². The van der Waals surface area contributed by atoms with Crippen LogP contribution in [0.1, 0.15) is 38.2 Å². The lowest BCUT2D eigenvalue weighted by Gasteiger charge is -2.29. The van der Waals surface area contributed by atoms with Crippen molar-refractivity contribution in [1.82, 2.24) is 5.32 Å². The predicted octanol–water partition coefficient (Wildman–Crippen LogP) is 3.31. The van der Waals surface area contributed by atoms with Gasteiger partial charge in [-0.2, -0.15) is 5.26 Å². The second-order valence-corrected chi connectivity index (χ2v) is 6.09. The van der Waals surface area contributed by atoms with Crippen molar-refractivity contribution >= 4 is 12.0 Å². The van der Waals surface area contributed by atoms with Crippen LogP contribution in [0.2, 0.25) is 0 Å². The highest BCUT2D eigenvalue weighted by Crippen LogP contribution is 2.32. The molecule has 1 amide bonds. The number of amides is 1. The smallest absolute Gasteiger partial charge is 0.262 e. The van der Waals surface area contributed by atoms with Gasteiger partial charge in [-0.05, 0) is 30.9 Å². The third-order valence-corrected chi connectivity index (χ3v) is 4.53. The van der Waals surface area contributed by atoms with E-state index in [0.717, 1.165) is 19.3 Å². The summed E-state index contributed by atoms with van der Waals surface area (Å²) in [6.07, 6.45) is 5.94. The van der Waals surface area contributed by atoms with Gasteiger partial charge < -0.3 is 14.8 Å². The molecule has 5 heteroatoms. The standard InChI is InChI=1S/C19H24N2O3/c1-13-7-4-5-9-16(13)21-19(22)15(12-20)11-14-8-6-10-17(23-2)18(14)24-3/h6,8,10-11,13,16H,4-5,7,9H2,1-3H3,(H,21,22)/b15-11+/t13-,16-/m1/s1. The maximum Gasteiger partial charge on any atom is 0.262 e. The number of para-hydroxylation sites is 1. The number of hydrogen-bond acceptors (Lipinski definition) is 4. The van der Waals surface area contributed by atoms with Crippen LogP contribution >= 0.6 is 0 Å². The SMILES string of the molecule is COc1cccc(/C=C(\C#N)C(=O)N[C@@H]2CCCC[C@H]2C)c1OC. The Labute approximate surface area is 143 Å². The van der Waals surface area contributed by atoms with E-state index in [1.54, 1.807) is 31.4 Å². The van der Waals surface area contributed by atoms with E-state index < -0.39 is 0 Å². The fourth-order valence-electron chi connectivity index (χ4n) is 3.11. The van der Waals surface area contributed by atoms with Crippen molar-refractivity contribution in [3.8, 4) is 17.6 Å². The van der Waals surface area contributed by atoms with E-state index in [2.05, 4.69) is 12.2 Å². The Morgan fingerprint density at radius 3 is 2.67 bits per heavy atom. The molecule has 2 atom stereocenters. The predicted molar refractivity (Wildman–Crippen MR) is 92.7 cm³/mol. The van der Waals surface area contributed by atoms with Crippen LogP contribution < -0.4 is 14.8 Å². The number of rotatable bonds is 5. The minimum Gasteiger partial charge on any atom is -0.493 e. The number of nitrogens with one attached hydrogen (secondary N) is 1. The molecule has 0 aromatic heterocycles. The van der Waals surface area contributed by atoms with Gasteiger partial charge in [-0.3, -0.25) is 4.79 Å². The van der Waals surface area contributed by atoms with Crippen molar-refractivity contribution in [3.05, 3.63) is 29.3 Å². The molecule has 2 rings (SSSR count). The number of carbonyl (C=O) groups excluding carboxylic acids is 1. The Kier molecular flexibility index (Phi) is 6.25. The van der Waals surface area contributed by atoms with Crippen LogP contribution in [0.15, 0.2) is 23.8 Å². The highest BCUT2D eigenvalue weighted by Gasteiger charge is 2.24. The number of carbonyl (C=O) groups is 1. The van der Waals surface area contributed by atoms with Gasteiger partial charge in [-0.25, -0.2) is 0 Å². The molecule has 1 N–H and O–H groups in total. The maximum atomic E-state index is 12.5. The summed E-state index contributed by atoms with van der Waals surface area (Å²) in [5.41, 5.74) is 0.708. The number of nitrogens with zero attached hydrogens (tertiary/aromatic N) is 1. The van der Waals surface area contributed by atoms with Crippen LogP contribution in [-0.4, -0.2) is 26.2 Å². The van der Waals surface area contributed by atoms with Gasteiger partial charge in [0.15, 0.2) is 11.5 Å². The molecule has 0 radical (unpaired) electrons. The highest BCUT2D eigenvalue weighted by molar-refractivity contribution is 6.02. The van der Waals surface area contributed by atoms with E-state index in [1.807, 2.05) is 6.07 Å². The third kappa shape index (κ3) is 4.08. The van der Waals surface area contributed by atoms with Crippen LogP contribution in [0.5, 0.6) is 11.5 Å². The molecule has 0 saturated heterocycles. The van der Waals surface area contributed by atoms with Gasteiger partial charge in [0.2, 0.25) is 0 Å². The molecule has 0 unspecified atom stereocenters. The zero-order chi connectivity index (χ0) is 17.5. The Morgan fingerprint density at radius 2 is 2.04 bits per heavy atom. The van der Waals surface area contributed by atoms with Crippen LogP contribution in [0.25, 0.3) is 6.08 Å². The summed E-state index contributed by atoms with van der Waals surface area (Å²) in [6.45, 7) is 2.14. The summed E-state index contributed by atoms with van der Waals surface area (Å²) in [7, 11) is 3.08. The number of benzene rings is 1. The lowest BCUT2D eigenvalue weighted by atomic mass is 9.86. The highest BCUT2D eigenvalue weighted by atomic mass is 16.5. The topological polar surface area (TPSA) is 71.3 Å². The normalized spacial score (nSPS) is 20.8. The van der Waals surface area contributed by atoms with Crippen LogP contribution in [0, 0.1) is 17.2 Å². The second-order valence-electron chi connectivity index (χ2n) is 6.09. The third-order valence-electron chi connectivity index (χ3n) is 4.53. The van der Waals surface area contributed by atoms with Crippen molar-refractivity contribution in [2.24, 2.45) is 5.92 Å². The summed E-state index contributed by atoms with van der Waals surface area (Å²) < 4.78 is 10.6. The Hall–Kier alpha value is -2.48. The van der Waals surface area contributed by atoms with E-state index in [0.29, 0.717) is 23.0 Å². The lowest BCUT2D eigenvalue weighted by molar-refractivity contribution is -0.118. The average Bonchev–Trinajstić information content (AvgIpc) is 2.60. The van der Waals surface area contributed by atoms with Crippen molar-refractivity contribution < 1.29 is 14.3 Å². The number of nitriles is 1. The quantitative estimate of drug-likeness (QED) is 0.665. The summed E-state index contributed by atoms with van der Waals surface area (Å²) >= 11 is 0. The molecule has 0 aliphatic heterocycles. The molecule has 1 aromatic carbocycles. The van der Waals surface area contributed by atoms with Crippen molar-refractivity contribution in [2.45, 2.75) is 38.6 Å². The van der Waals surface area contributed by atoms with E-state index in [-0.39, 0.29) is 17.5 Å². The second kappa shape index (κ2) is 8.39. The van der Waals surface area contributed by atoms with Crippen LogP contribution in [-0.2, 0) is 4.79 Å². The molecule has 0 heterocycles. The van der Waals surface area contributed by atoms with Crippen molar-refractivity contribution in [1.29, 1.82) is 5.26 Å². The molecule has 1 saturated carbocycles. The lowest BCUT2D eigenvalue weighted by Crippen LogP contribution is -2.41. The van der Waals surface area contributed by atoms with Gasteiger partial charge in [-0.15, -0.1) is 0 Å². The van der Waals surface area contributed by atoms with E-state index >= 15 is 0 Å². The minimum absolute atomic E-state index is 0.0688.